The van der Waals surface area contributed by atoms with Crippen LogP contribution in [0.5, 0.6) is 11.5 Å². The van der Waals surface area contributed by atoms with Crippen LogP contribution in [0.1, 0.15) is 26.3 Å². The van der Waals surface area contributed by atoms with E-state index in [2.05, 4.69) is 22.3 Å². The van der Waals surface area contributed by atoms with Crippen LogP contribution in [0.2, 0.25) is 0 Å². The smallest absolute Gasteiger partial charge is 0.124 e. The standard InChI is InChI=1S/C26H23N2O2.Pt/c1-26(2,3)25(22-13-6-7-14-23(22)29)28-30-20-11-8-10-19(17-20)24-21-12-5-4-9-18(21)15-16-27-24;/h4-16,29H,1-3H3;/q-1;/b28-25-;. The number of rotatable bonds is 4. The van der Waals surface area contributed by atoms with Crippen LogP contribution in [0.3, 0.4) is 0 Å². The van der Waals surface area contributed by atoms with Gasteiger partial charge in [0.05, 0.1) is 11.5 Å². The van der Waals surface area contributed by atoms with E-state index in [4.69, 9.17) is 4.84 Å². The van der Waals surface area contributed by atoms with E-state index in [0.29, 0.717) is 17.0 Å². The van der Waals surface area contributed by atoms with Gasteiger partial charge in [0, 0.05) is 38.2 Å². The predicted molar refractivity (Wildman–Crippen MR) is 121 cm³/mol. The van der Waals surface area contributed by atoms with Crippen molar-refractivity contribution < 1.29 is 31.0 Å². The molecule has 1 heterocycles. The zero-order valence-electron chi connectivity index (χ0n) is 17.6. The molecule has 0 fully saturated rings. The summed E-state index contributed by atoms with van der Waals surface area (Å²) in [5.74, 6) is 0.659. The van der Waals surface area contributed by atoms with Crippen LogP contribution in [0.25, 0.3) is 22.0 Å². The maximum atomic E-state index is 10.3. The van der Waals surface area contributed by atoms with Crippen LogP contribution in [0.4, 0.5) is 0 Å². The van der Waals surface area contributed by atoms with Crippen molar-refractivity contribution >= 4 is 16.5 Å². The van der Waals surface area contributed by atoms with Crippen LogP contribution in [0.15, 0.2) is 84.1 Å². The first-order chi connectivity index (χ1) is 14.4. The average Bonchev–Trinajstić information content (AvgIpc) is 2.74. The molecule has 160 valence electrons. The number of aromatic nitrogens is 1. The molecule has 3 aromatic carbocycles. The Kier molecular flexibility index (Phi) is 6.92. The molecule has 0 aliphatic carbocycles. The third kappa shape index (κ3) is 5.03. The zero-order valence-corrected chi connectivity index (χ0v) is 19.8. The molecule has 0 atom stereocenters. The molecule has 0 saturated heterocycles. The normalized spacial score (nSPS) is 11.8. The van der Waals surface area contributed by atoms with Gasteiger partial charge in [-0.25, -0.2) is 0 Å². The summed E-state index contributed by atoms with van der Waals surface area (Å²) in [4.78, 5) is 10.3. The molecule has 0 aliphatic rings. The molecule has 0 radical (unpaired) electrons. The Morgan fingerprint density at radius 1 is 0.935 bits per heavy atom. The topological polar surface area (TPSA) is 54.7 Å². The maximum absolute atomic E-state index is 10.3. The summed E-state index contributed by atoms with van der Waals surface area (Å²) in [7, 11) is 0. The number of hydrogen-bond acceptors (Lipinski definition) is 4. The summed E-state index contributed by atoms with van der Waals surface area (Å²) in [5, 5.41) is 16.9. The quantitative estimate of drug-likeness (QED) is 0.174. The fourth-order valence-electron chi connectivity index (χ4n) is 3.33. The van der Waals surface area contributed by atoms with Gasteiger partial charge in [0.15, 0.2) is 0 Å². The summed E-state index contributed by atoms with van der Waals surface area (Å²) < 4.78 is 0. The number of para-hydroxylation sites is 1. The number of nitrogens with zero attached hydrogens (tertiary/aromatic N) is 2. The number of hydrogen-bond donors (Lipinski definition) is 1. The monoisotopic (exact) mass is 590 g/mol. The van der Waals surface area contributed by atoms with Crippen LogP contribution >= 0.6 is 0 Å². The number of aromatic hydroxyl groups is 1. The molecule has 5 heteroatoms. The number of benzene rings is 3. The third-order valence-electron chi connectivity index (χ3n) is 4.80. The molecular weight excluding hydrogens is 567 g/mol. The summed E-state index contributed by atoms with van der Waals surface area (Å²) in [6, 6.07) is 26.2. The van der Waals surface area contributed by atoms with Crippen molar-refractivity contribution in [2.24, 2.45) is 10.6 Å². The first kappa shape index (κ1) is 22.7. The number of oxime groups is 1. The van der Waals surface area contributed by atoms with Crippen molar-refractivity contribution in [2.75, 3.05) is 0 Å². The minimum atomic E-state index is -0.326. The molecule has 0 spiro atoms. The predicted octanol–water partition coefficient (Wildman–Crippen LogP) is 6.23. The second-order valence-electron chi connectivity index (χ2n) is 8.11. The van der Waals surface area contributed by atoms with E-state index in [-0.39, 0.29) is 32.2 Å². The van der Waals surface area contributed by atoms with Gasteiger partial charge in [0.2, 0.25) is 0 Å². The minimum Gasteiger partial charge on any atom is -0.507 e. The van der Waals surface area contributed by atoms with E-state index < -0.39 is 0 Å². The minimum absolute atomic E-state index is 0. The second kappa shape index (κ2) is 9.45. The van der Waals surface area contributed by atoms with Gasteiger partial charge in [-0.2, -0.15) is 0 Å². The summed E-state index contributed by atoms with van der Waals surface area (Å²) >= 11 is 0. The Morgan fingerprint density at radius 2 is 1.68 bits per heavy atom. The number of phenolic OH excluding ortho intramolecular Hbond substituents is 1. The zero-order chi connectivity index (χ0) is 21.1. The second-order valence-corrected chi connectivity index (χ2v) is 8.11. The van der Waals surface area contributed by atoms with E-state index in [9.17, 15) is 5.11 Å². The molecule has 1 aromatic heterocycles. The van der Waals surface area contributed by atoms with Gasteiger partial charge < -0.3 is 14.9 Å². The molecule has 4 rings (SSSR count). The molecule has 1 N–H and O–H groups in total. The van der Waals surface area contributed by atoms with Gasteiger partial charge in [-0.15, -0.1) is 17.7 Å². The van der Waals surface area contributed by atoms with Crippen molar-refractivity contribution in [3.05, 3.63) is 90.6 Å². The van der Waals surface area contributed by atoms with Gasteiger partial charge in [-0.1, -0.05) is 74.5 Å². The van der Waals surface area contributed by atoms with Crippen molar-refractivity contribution in [2.45, 2.75) is 20.8 Å². The van der Waals surface area contributed by atoms with Crippen molar-refractivity contribution in [3.63, 3.8) is 0 Å². The summed E-state index contributed by atoms with van der Waals surface area (Å²) in [6.07, 6.45) is 1.80. The van der Waals surface area contributed by atoms with Crippen LogP contribution < -0.4 is 4.84 Å². The largest absolute Gasteiger partial charge is 0.507 e. The van der Waals surface area contributed by atoms with Gasteiger partial charge in [0.25, 0.3) is 0 Å². The number of phenols is 1. The summed E-state index contributed by atoms with van der Waals surface area (Å²) in [5.41, 5.74) is 2.66. The average molecular weight is 591 g/mol. The molecule has 0 amide bonds. The fourth-order valence-corrected chi connectivity index (χ4v) is 3.33. The first-order valence-electron chi connectivity index (χ1n) is 9.84. The Morgan fingerprint density at radius 3 is 2.45 bits per heavy atom. The van der Waals surface area contributed by atoms with Crippen LogP contribution in [-0.2, 0) is 21.1 Å². The Balaban J connectivity index is 0.00000272. The number of pyridine rings is 1. The van der Waals surface area contributed by atoms with Crippen molar-refractivity contribution in [1.29, 1.82) is 0 Å². The molecule has 0 aliphatic heterocycles. The third-order valence-corrected chi connectivity index (χ3v) is 4.80. The Hall–Kier alpha value is -2.97. The maximum Gasteiger partial charge on any atom is 0.124 e. The van der Waals surface area contributed by atoms with Crippen LogP contribution in [-0.4, -0.2) is 15.8 Å². The van der Waals surface area contributed by atoms with Crippen molar-refractivity contribution in [3.8, 4) is 22.8 Å². The van der Waals surface area contributed by atoms with E-state index in [1.54, 1.807) is 18.3 Å². The Bertz CT molecular complexity index is 1220. The molecule has 0 unspecified atom stereocenters. The first-order valence-corrected chi connectivity index (χ1v) is 9.84. The number of fused-ring (bicyclic) bond motifs is 1. The van der Waals surface area contributed by atoms with Gasteiger partial charge in [0.1, 0.15) is 5.75 Å². The van der Waals surface area contributed by atoms with Crippen LogP contribution in [0, 0.1) is 11.5 Å². The van der Waals surface area contributed by atoms with E-state index in [1.807, 2.05) is 75.4 Å². The van der Waals surface area contributed by atoms with E-state index in [1.165, 1.54) is 0 Å². The SMILES string of the molecule is CC(C)(C)/C(=N\Oc1[c-]c(-c2nccc3ccccc23)ccc1)c1ccccc1O.[Pt]. The molecule has 0 saturated carbocycles. The van der Waals surface area contributed by atoms with Gasteiger partial charge in [-0.3, -0.25) is 0 Å². The molecule has 4 nitrogen and oxygen atoms in total. The van der Waals surface area contributed by atoms with Gasteiger partial charge in [-0.05, 0) is 34.7 Å². The van der Waals surface area contributed by atoms with Gasteiger partial charge >= 0.3 is 0 Å². The van der Waals surface area contributed by atoms with Crippen molar-refractivity contribution in [1.82, 2.24) is 4.98 Å². The molecule has 31 heavy (non-hydrogen) atoms. The van der Waals surface area contributed by atoms with E-state index in [0.717, 1.165) is 22.0 Å². The Labute approximate surface area is 196 Å². The fraction of sp³-hybridized carbons (Fsp3) is 0.154. The summed E-state index contributed by atoms with van der Waals surface area (Å²) in [6.45, 7) is 6.09. The van der Waals surface area contributed by atoms with E-state index >= 15 is 0 Å². The molecule has 4 aromatic rings. The molecule has 0 bridgehead atoms. The molecular formula is C26H23N2O2Pt-.